The normalized spacial score (nSPS) is 11.6. The lowest BCUT2D eigenvalue weighted by atomic mass is 10.1. The molecule has 150 valence electrons. The largest absolute Gasteiger partial charge is 0.481 e. The minimum atomic E-state index is -0.845. The molecule has 0 aliphatic heterocycles. The number of hydrogen-bond donors (Lipinski definition) is 1. The fourth-order valence-corrected chi connectivity index (χ4v) is 2.57. The predicted molar refractivity (Wildman–Crippen MR) is 102 cm³/mol. The smallest absolute Gasteiger partial charge is 0.261 e. The summed E-state index contributed by atoms with van der Waals surface area (Å²) in [5.41, 5.74) is 0.275. The molecular weight excluding hydrogens is 366 g/mol. The molecule has 28 heavy (non-hydrogen) atoms. The second-order valence-electron chi connectivity index (χ2n) is 6.30. The first-order valence-electron chi connectivity index (χ1n) is 9.12. The monoisotopic (exact) mass is 390 g/mol. The van der Waals surface area contributed by atoms with Crippen molar-refractivity contribution < 1.29 is 23.1 Å². The summed E-state index contributed by atoms with van der Waals surface area (Å²) in [4.78, 5) is 26.3. The van der Waals surface area contributed by atoms with Crippen LogP contribution in [0, 0.1) is 11.6 Å². The molecule has 0 saturated heterocycles. The number of benzene rings is 2. The lowest BCUT2D eigenvalue weighted by molar-refractivity contribution is -0.142. The number of nitrogens with zero attached hydrogens (tertiary/aromatic N) is 1. The van der Waals surface area contributed by atoms with Crippen LogP contribution in [0.15, 0.2) is 48.5 Å². The summed E-state index contributed by atoms with van der Waals surface area (Å²) in [6, 6.07) is 10.9. The van der Waals surface area contributed by atoms with Gasteiger partial charge in [-0.2, -0.15) is 0 Å². The summed E-state index contributed by atoms with van der Waals surface area (Å²) in [5, 5.41) is 2.72. The molecule has 0 spiro atoms. The number of hydrogen-bond acceptors (Lipinski definition) is 3. The molecular formula is C21H24F2N2O3. The summed E-state index contributed by atoms with van der Waals surface area (Å²) < 4.78 is 33.0. The van der Waals surface area contributed by atoms with Crippen LogP contribution in [0.4, 0.5) is 8.78 Å². The van der Waals surface area contributed by atoms with Crippen molar-refractivity contribution in [2.75, 3.05) is 13.2 Å². The number of ether oxygens (including phenoxy) is 1. The molecule has 0 fully saturated rings. The highest BCUT2D eigenvalue weighted by molar-refractivity contribution is 5.87. The van der Waals surface area contributed by atoms with Crippen molar-refractivity contribution in [3.8, 4) is 5.75 Å². The van der Waals surface area contributed by atoms with Crippen molar-refractivity contribution in [3.05, 3.63) is 65.7 Å². The van der Waals surface area contributed by atoms with Crippen molar-refractivity contribution >= 4 is 11.8 Å². The molecule has 0 aromatic heterocycles. The van der Waals surface area contributed by atoms with Crippen LogP contribution in [0.5, 0.6) is 5.75 Å². The third-order valence-electron chi connectivity index (χ3n) is 4.20. The van der Waals surface area contributed by atoms with Gasteiger partial charge in [0.25, 0.3) is 5.91 Å². The zero-order valence-corrected chi connectivity index (χ0v) is 16.0. The quantitative estimate of drug-likeness (QED) is 0.715. The Morgan fingerprint density at radius 2 is 1.71 bits per heavy atom. The fraction of sp³-hybridized carbons (Fsp3) is 0.333. The summed E-state index contributed by atoms with van der Waals surface area (Å²) in [5.74, 6) is -2.03. The van der Waals surface area contributed by atoms with Crippen molar-refractivity contribution in [3.63, 3.8) is 0 Å². The Hall–Kier alpha value is -2.96. The van der Waals surface area contributed by atoms with Crippen LogP contribution in [-0.2, 0) is 16.1 Å². The first-order chi connectivity index (χ1) is 13.4. The van der Waals surface area contributed by atoms with E-state index in [2.05, 4.69) is 5.32 Å². The second-order valence-corrected chi connectivity index (χ2v) is 6.30. The molecule has 2 rings (SSSR count). The number of amides is 2. The van der Waals surface area contributed by atoms with Crippen LogP contribution >= 0.6 is 0 Å². The van der Waals surface area contributed by atoms with Gasteiger partial charge in [-0.05, 0) is 31.5 Å². The van der Waals surface area contributed by atoms with E-state index in [1.54, 1.807) is 31.2 Å². The molecule has 1 N–H and O–H groups in total. The number of carbonyl (C=O) groups excluding carboxylic acids is 2. The molecule has 2 aromatic rings. The number of nitrogens with one attached hydrogen (secondary N) is 1. The second kappa shape index (κ2) is 10.4. The molecule has 7 heteroatoms. The van der Waals surface area contributed by atoms with Crippen LogP contribution < -0.4 is 10.1 Å². The average molecular weight is 390 g/mol. The van der Waals surface area contributed by atoms with E-state index >= 15 is 0 Å². The van der Waals surface area contributed by atoms with Gasteiger partial charge in [0.15, 0.2) is 18.2 Å². The maximum absolute atomic E-state index is 14.1. The standard InChI is InChI=1S/C21H24F2N2O3/c1-3-12-24-21(27)15(2)25(13-16-8-4-5-9-17(16)22)20(26)14-28-19-11-7-6-10-18(19)23/h4-11,15H,3,12-14H2,1-2H3,(H,24,27)/t15-/m1/s1. The number of carbonyl (C=O) groups is 2. The Morgan fingerprint density at radius 1 is 1.07 bits per heavy atom. The van der Waals surface area contributed by atoms with Crippen LogP contribution in [0.2, 0.25) is 0 Å². The minimum Gasteiger partial charge on any atom is -0.481 e. The third-order valence-corrected chi connectivity index (χ3v) is 4.20. The molecule has 0 bridgehead atoms. The van der Waals surface area contributed by atoms with Gasteiger partial charge in [-0.3, -0.25) is 9.59 Å². The van der Waals surface area contributed by atoms with Gasteiger partial charge in [0.05, 0.1) is 0 Å². The molecule has 0 aliphatic rings. The Bertz CT molecular complexity index is 814. The van der Waals surface area contributed by atoms with Crippen LogP contribution in [0.25, 0.3) is 0 Å². The Kier molecular flexibility index (Phi) is 7.92. The average Bonchev–Trinajstić information content (AvgIpc) is 2.70. The SMILES string of the molecule is CCCNC(=O)[C@@H](C)N(Cc1ccccc1F)C(=O)COc1ccccc1F. The van der Waals surface area contributed by atoms with Gasteiger partial charge in [-0.15, -0.1) is 0 Å². The topological polar surface area (TPSA) is 58.6 Å². The molecule has 0 aliphatic carbocycles. The van der Waals surface area contributed by atoms with E-state index in [0.29, 0.717) is 6.54 Å². The molecule has 0 heterocycles. The van der Waals surface area contributed by atoms with Gasteiger partial charge < -0.3 is 15.0 Å². The van der Waals surface area contributed by atoms with E-state index in [0.717, 1.165) is 6.42 Å². The highest BCUT2D eigenvalue weighted by Crippen LogP contribution is 2.17. The van der Waals surface area contributed by atoms with E-state index in [-0.39, 0.29) is 23.8 Å². The van der Waals surface area contributed by atoms with E-state index in [9.17, 15) is 18.4 Å². The van der Waals surface area contributed by atoms with E-state index in [4.69, 9.17) is 4.74 Å². The van der Waals surface area contributed by atoms with Gasteiger partial charge in [0.1, 0.15) is 11.9 Å². The van der Waals surface area contributed by atoms with Gasteiger partial charge >= 0.3 is 0 Å². The van der Waals surface area contributed by atoms with Gasteiger partial charge in [0.2, 0.25) is 5.91 Å². The highest BCUT2D eigenvalue weighted by atomic mass is 19.1. The number of halogens is 2. The van der Waals surface area contributed by atoms with E-state index < -0.39 is 30.2 Å². The maximum atomic E-state index is 14.1. The van der Waals surface area contributed by atoms with Crippen molar-refractivity contribution in [1.29, 1.82) is 0 Å². The number of para-hydroxylation sites is 1. The van der Waals surface area contributed by atoms with Gasteiger partial charge in [0, 0.05) is 18.7 Å². The first-order valence-corrected chi connectivity index (χ1v) is 9.12. The van der Waals surface area contributed by atoms with Gasteiger partial charge in [-0.25, -0.2) is 8.78 Å². The van der Waals surface area contributed by atoms with Crippen molar-refractivity contribution in [2.24, 2.45) is 0 Å². The van der Waals surface area contributed by atoms with Crippen molar-refractivity contribution in [2.45, 2.75) is 32.9 Å². The van der Waals surface area contributed by atoms with Crippen LogP contribution in [0.1, 0.15) is 25.8 Å². The van der Waals surface area contributed by atoms with Gasteiger partial charge in [-0.1, -0.05) is 37.3 Å². The summed E-state index contributed by atoms with van der Waals surface area (Å²) >= 11 is 0. The van der Waals surface area contributed by atoms with Crippen LogP contribution in [-0.4, -0.2) is 35.9 Å². The predicted octanol–water partition coefficient (Wildman–Crippen LogP) is 3.29. The molecule has 1 atom stereocenters. The lowest BCUT2D eigenvalue weighted by Gasteiger charge is -2.28. The molecule has 0 radical (unpaired) electrons. The number of rotatable bonds is 9. The Morgan fingerprint density at radius 3 is 2.36 bits per heavy atom. The third kappa shape index (κ3) is 5.77. The molecule has 5 nitrogen and oxygen atoms in total. The van der Waals surface area contributed by atoms with E-state index in [1.165, 1.54) is 29.2 Å². The molecule has 0 saturated carbocycles. The zero-order chi connectivity index (χ0) is 20.5. The lowest BCUT2D eigenvalue weighted by Crippen LogP contribution is -2.49. The summed E-state index contributed by atoms with van der Waals surface area (Å²) in [6.45, 7) is 3.37. The van der Waals surface area contributed by atoms with Crippen LogP contribution in [0.3, 0.4) is 0 Å². The zero-order valence-electron chi connectivity index (χ0n) is 16.0. The summed E-state index contributed by atoms with van der Waals surface area (Å²) in [6.07, 6.45) is 0.746. The summed E-state index contributed by atoms with van der Waals surface area (Å²) in [7, 11) is 0. The minimum absolute atomic E-state index is 0.0650. The highest BCUT2D eigenvalue weighted by Gasteiger charge is 2.27. The first kappa shape index (κ1) is 21.3. The van der Waals surface area contributed by atoms with E-state index in [1.807, 2.05) is 6.92 Å². The molecule has 2 amide bonds. The van der Waals surface area contributed by atoms with Crippen molar-refractivity contribution in [1.82, 2.24) is 10.2 Å². The Labute approximate surface area is 163 Å². The Balaban J connectivity index is 2.16. The molecule has 2 aromatic carbocycles. The fourth-order valence-electron chi connectivity index (χ4n) is 2.57. The maximum Gasteiger partial charge on any atom is 0.261 e. The molecule has 0 unspecified atom stereocenters.